The molecule has 1 amide bonds. The van der Waals surface area contributed by atoms with E-state index in [0.29, 0.717) is 11.8 Å². The van der Waals surface area contributed by atoms with E-state index in [4.69, 9.17) is 10.2 Å². The molecule has 2 fully saturated rings. The second-order valence-corrected chi connectivity index (χ2v) is 5.17. The van der Waals surface area contributed by atoms with Gasteiger partial charge >= 0.3 is 5.97 Å². The van der Waals surface area contributed by atoms with E-state index in [0.717, 1.165) is 13.0 Å². The van der Waals surface area contributed by atoms with Crippen molar-refractivity contribution < 1.29 is 19.8 Å². The molecule has 18 heavy (non-hydrogen) atoms. The van der Waals surface area contributed by atoms with E-state index < -0.39 is 12.1 Å². The van der Waals surface area contributed by atoms with Crippen molar-refractivity contribution in [2.24, 2.45) is 11.8 Å². The fraction of sp³-hybridized carbons (Fsp3) is 0.833. The number of carboxylic acid groups (broad SMARTS) is 1. The standard InChI is InChI=1S/C12H20N2O4/c15-9(12(17)18)4-5-13-11(16)10-8-3-1-2-7(8)6-14-10/h7-10,14-15H,1-6H2,(H,13,16)(H,17,18). The van der Waals surface area contributed by atoms with Crippen molar-refractivity contribution in [3.63, 3.8) is 0 Å². The molecule has 0 aromatic heterocycles. The zero-order valence-corrected chi connectivity index (χ0v) is 10.3. The molecule has 0 bridgehead atoms. The Morgan fingerprint density at radius 1 is 1.39 bits per heavy atom. The Bertz CT molecular complexity index is 334. The van der Waals surface area contributed by atoms with Crippen LogP contribution in [0.25, 0.3) is 0 Å². The maximum atomic E-state index is 11.9. The normalized spacial score (nSPS) is 31.9. The molecule has 2 aliphatic rings. The molecule has 1 saturated heterocycles. The van der Waals surface area contributed by atoms with Crippen molar-refractivity contribution in [1.82, 2.24) is 10.6 Å². The van der Waals surface area contributed by atoms with Crippen LogP contribution in [0.2, 0.25) is 0 Å². The molecule has 4 unspecified atom stereocenters. The average molecular weight is 256 g/mol. The number of nitrogens with one attached hydrogen (secondary N) is 2. The highest BCUT2D eigenvalue weighted by molar-refractivity contribution is 5.82. The third kappa shape index (κ3) is 2.81. The maximum Gasteiger partial charge on any atom is 0.332 e. The van der Waals surface area contributed by atoms with Gasteiger partial charge in [0.15, 0.2) is 6.10 Å². The van der Waals surface area contributed by atoms with Crippen LogP contribution in [0.5, 0.6) is 0 Å². The van der Waals surface area contributed by atoms with E-state index in [1.165, 1.54) is 12.8 Å². The Morgan fingerprint density at radius 2 is 2.17 bits per heavy atom. The van der Waals surface area contributed by atoms with Crippen LogP contribution in [0.1, 0.15) is 25.7 Å². The molecule has 1 aliphatic heterocycles. The Balaban J connectivity index is 1.73. The lowest BCUT2D eigenvalue weighted by atomic mass is 9.93. The van der Waals surface area contributed by atoms with E-state index in [2.05, 4.69) is 10.6 Å². The minimum atomic E-state index is -1.40. The van der Waals surface area contributed by atoms with Gasteiger partial charge in [0.2, 0.25) is 5.91 Å². The molecule has 102 valence electrons. The van der Waals surface area contributed by atoms with Crippen molar-refractivity contribution in [1.29, 1.82) is 0 Å². The molecule has 0 aromatic carbocycles. The van der Waals surface area contributed by atoms with Gasteiger partial charge in [-0.3, -0.25) is 4.79 Å². The van der Waals surface area contributed by atoms with Crippen LogP contribution >= 0.6 is 0 Å². The molecular formula is C12H20N2O4. The number of rotatable bonds is 5. The Labute approximate surface area is 106 Å². The lowest BCUT2D eigenvalue weighted by Crippen LogP contribution is -2.44. The van der Waals surface area contributed by atoms with Gasteiger partial charge in [-0.15, -0.1) is 0 Å². The highest BCUT2D eigenvalue weighted by Crippen LogP contribution is 2.37. The van der Waals surface area contributed by atoms with Gasteiger partial charge < -0.3 is 20.8 Å². The maximum absolute atomic E-state index is 11.9. The third-order valence-electron chi connectivity index (χ3n) is 4.03. The molecule has 4 N–H and O–H groups in total. The monoisotopic (exact) mass is 256 g/mol. The highest BCUT2D eigenvalue weighted by atomic mass is 16.4. The lowest BCUT2D eigenvalue weighted by Gasteiger charge is -2.18. The summed E-state index contributed by atoms with van der Waals surface area (Å²) in [6.45, 7) is 1.10. The Morgan fingerprint density at radius 3 is 2.89 bits per heavy atom. The summed E-state index contributed by atoms with van der Waals surface area (Å²) in [7, 11) is 0. The minimum absolute atomic E-state index is 0.0435. The summed E-state index contributed by atoms with van der Waals surface area (Å²) in [6.07, 6.45) is 2.12. The number of fused-ring (bicyclic) bond motifs is 1. The summed E-state index contributed by atoms with van der Waals surface area (Å²) in [5.74, 6) is -0.277. The topological polar surface area (TPSA) is 98.7 Å². The fourth-order valence-corrected chi connectivity index (χ4v) is 3.04. The van der Waals surface area contributed by atoms with Gasteiger partial charge in [-0.25, -0.2) is 4.79 Å². The van der Waals surface area contributed by atoms with Crippen LogP contribution in [-0.4, -0.2) is 47.3 Å². The highest BCUT2D eigenvalue weighted by Gasteiger charge is 2.42. The van der Waals surface area contributed by atoms with E-state index in [-0.39, 0.29) is 24.9 Å². The number of hydrogen-bond donors (Lipinski definition) is 4. The largest absolute Gasteiger partial charge is 0.479 e. The Kier molecular flexibility index (Phi) is 4.19. The summed E-state index contributed by atoms with van der Waals surface area (Å²) >= 11 is 0. The average Bonchev–Trinajstić information content (AvgIpc) is 2.89. The predicted molar refractivity (Wildman–Crippen MR) is 63.9 cm³/mol. The van der Waals surface area contributed by atoms with Gasteiger partial charge in [-0.1, -0.05) is 6.42 Å². The SMILES string of the molecule is O=C(O)C(O)CCNC(=O)C1NCC2CCCC21. The van der Waals surface area contributed by atoms with Crippen molar-refractivity contribution in [2.75, 3.05) is 13.1 Å². The molecule has 0 aromatic rings. The number of amides is 1. The van der Waals surface area contributed by atoms with Crippen LogP contribution < -0.4 is 10.6 Å². The summed E-state index contributed by atoms with van der Waals surface area (Å²) in [4.78, 5) is 22.3. The van der Waals surface area contributed by atoms with Crippen LogP contribution in [0.4, 0.5) is 0 Å². The zero-order chi connectivity index (χ0) is 13.1. The smallest absolute Gasteiger partial charge is 0.332 e. The van der Waals surface area contributed by atoms with Crippen molar-refractivity contribution in [3.05, 3.63) is 0 Å². The molecular weight excluding hydrogens is 236 g/mol. The van der Waals surface area contributed by atoms with Crippen LogP contribution in [0, 0.1) is 11.8 Å². The molecule has 0 spiro atoms. The van der Waals surface area contributed by atoms with Crippen molar-refractivity contribution >= 4 is 11.9 Å². The van der Waals surface area contributed by atoms with E-state index >= 15 is 0 Å². The number of aliphatic carboxylic acids is 1. The second-order valence-electron chi connectivity index (χ2n) is 5.17. The number of carbonyl (C=O) groups is 2. The number of aliphatic hydroxyl groups excluding tert-OH is 1. The van der Waals surface area contributed by atoms with Crippen LogP contribution in [0.3, 0.4) is 0 Å². The summed E-state index contributed by atoms with van der Waals surface area (Å²) in [5.41, 5.74) is 0. The predicted octanol–water partition coefficient (Wildman–Crippen LogP) is -0.674. The second kappa shape index (κ2) is 5.67. The summed E-state index contributed by atoms with van der Waals surface area (Å²) in [6, 6.07) is -0.139. The molecule has 1 saturated carbocycles. The van der Waals surface area contributed by atoms with Gasteiger partial charge in [0.25, 0.3) is 0 Å². The van der Waals surface area contributed by atoms with Crippen molar-refractivity contribution in [3.8, 4) is 0 Å². The van der Waals surface area contributed by atoms with Gasteiger partial charge in [0.1, 0.15) is 0 Å². The lowest BCUT2D eigenvalue weighted by molar-refractivity contribution is -0.147. The molecule has 0 radical (unpaired) electrons. The minimum Gasteiger partial charge on any atom is -0.479 e. The van der Waals surface area contributed by atoms with Gasteiger partial charge in [-0.2, -0.15) is 0 Å². The summed E-state index contributed by atoms with van der Waals surface area (Å²) in [5, 5.41) is 23.5. The first-order chi connectivity index (χ1) is 8.59. The molecule has 6 nitrogen and oxygen atoms in total. The number of hydrogen-bond acceptors (Lipinski definition) is 4. The molecule has 1 aliphatic carbocycles. The van der Waals surface area contributed by atoms with Gasteiger partial charge in [0.05, 0.1) is 6.04 Å². The van der Waals surface area contributed by atoms with Crippen LogP contribution in [0.15, 0.2) is 0 Å². The quantitative estimate of drug-likeness (QED) is 0.523. The first-order valence-electron chi connectivity index (χ1n) is 6.51. The van der Waals surface area contributed by atoms with Crippen molar-refractivity contribution in [2.45, 2.75) is 37.8 Å². The first kappa shape index (κ1) is 13.3. The number of carboxylic acids is 1. The third-order valence-corrected chi connectivity index (χ3v) is 4.03. The van der Waals surface area contributed by atoms with Gasteiger partial charge in [0, 0.05) is 13.0 Å². The fourth-order valence-electron chi connectivity index (χ4n) is 3.04. The number of aliphatic hydroxyl groups is 1. The summed E-state index contributed by atoms with van der Waals surface area (Å²) < 4.78 is 0. The van der Waals surface area contributed by atoms with Gasteiger partial charge in [-0.05, 0) is 31.2 Å². The molecule has 4 atom stereocenters. The van der Waals surface area contributed by atoms with E-state index in [1.54, 1.807) is 0 Å². The molecule has 6 heteroatoms. The first-order valence-corrected chi connectivity index (χ1v) is 6.51. The van der Waals surface area contributed by atoms with Crippen LogP contribution in [-0.2, 0) is 9.59 Å². The van der Waals surface area contributed by atoms with E-state index in [9.17, 15) is 9.59 Å². The zero-order valence-electron chi connectivity index (χ0n) is 10.3. The van der Waals surface area contributed by atoms with E-state index in [1.807, 2.05) is 0 Å². The molecule has 2 rings (SSSR count). The number of carbonyl (C=O) groups excluding carboxylic acids is 1. The molecule has 1 heterocycles. The Hall–Kier alpha value is -1.14.